The molecule has 1 atom stereocenters. The van der Waals surface area contributed by atoms with E-state index in [1.807, 2.05) is 6.07 Å². The first kappa shape index (κ1) is 25.4. The largest absolute Gasteiger partial charge is 0.369 e. The number of rotatable bonds is 7. The summed E-state index contributed by atoms with van der Waals surface area (Å²) in [7, 11) is 1.78. The maximum atomic E-state index is 11.6. The number of piperidine rings is 1. The van der Waals surface area contributed by atoms with Crippen molar-refractivity contribution in [1.29, 1.82) is 0 Å². The molecule has 7 nitrogen and oxygen atoms in total. The van der Waals surface area contributed by atoms with Crippen molar-refractivity contribution in [3.63, 3.8) is 0 Å². The van der Waals surface area contributed by atoms with Crippen molar-refractivity contribution in [2.24, 2.45) is 16.6 Å². The van der Waals surface area contributed by atoms with E-state index in [1.165, 1.54) is 4.88 Å². The first-order valence-corrected chi connectivity index (χ1v) is 11.3. The fourth-order valence-electron chi connectivity index (χ4n) is 3.71. The number of halogens is 1. The highest BCUT2D eigenvalue weighted by Gasteiger charge is 2.26. The van der Waals surface area contributed by atoms with E-state index in [0.717, 1.165) is 43.3 Å². The second-order valence-corrected chi connectivity index (χ2v) is 9.26. The van der Waals surface area contributed by atoms with E-state index in [2.05, 4.69) is 62.9 Å². The molecule has 0 bridgehead atoms. The number of anilines is 1. The molecular formula is C22H33IN6OS. The van der Waals surface area contributed by atoms with E-state index < -0.39 is 0 Å². The lowest BCUT2D eigenvalue weighted by atomic mass is 9.91. The average Bonchev–Trinajstić information content (AvgIpc) is 3.30. The molecule has 170 valence electrons. The molecule has 1 fully saturated rings. The van der Waals surface area contributed by atoms with Crippen LogP contribution in [0.5, 0.6) is 0 Å². The molecule has 31 heavy (non-hydrogen) atoms. The lowest BCUT2D eigenvalue weighted by molar-refractivity contribution is -0.122. The van der Waals surface area contributed by atoms with Gasteiger partial charge in [-0.15, -0.1) is 35.3 Å². The first-order valence-electron chi connectivity index (χ1n) is 10.4. The topological polar surface area (TPSA) is 95.6 Å². The van der Waals surface area contributed by atoms with Gasteiger partial charge in [-0.25, -0.2) is 4.98 Å². The number of nitrogens with two attached hydrogens (primary N) is 1. The number of primary amides is 1. The van der Waals surface area contributed by atoms with Gasteiger partial charge in [-0.3, -0.25) is 9.79 Å². The number of nitrogens with one attached hydrogen (secondary N) is 2. The Bertz CT molecular complexity index is 871. The van der Waals surface area contributed by atoms with Gasteiger partial charge < -0.3 is 21.3 Å². The number of carbonyl (C=O) groups excluding carboxylic acids is 1. The zero-order valence-electron chi connectivity index (χ0n) is 18.4. The molecular weight excluding hydrogens is 523 g/mol. The molecule has 0 aromatic carbocycles. The molecule has 0 spiro atoms. The van der Waals surface area contributed by atoms with Crippen LogP contribution in [0.25, 0.3) is 0 Å². The van der Waals surface area contributed by atoms with Crippen LogP contribution in [0.2, 0.25) is 0 Å². The zero-order valence-corrected chi connectivity index (χ0v) is 21.6. The molecule has 2 aromatic heterocycles. The quantitative estimate of drug-likeness (QED) is 0.277. The SMILES string of the molecule is CN=C(NCc1cccnc1N1CCCC(C(N)=O)C1)NCC(C)(C)c1cccs1.I. The second-order valence-electron chi connectivity index (χ2n) is 8.31. The van der Waals surface area contributed by atoms with Gasteiger partial charge >= 0.3 is 0 Å². The van der Waals surface area contributed by atoms with Crippen molar-refractivity contribution < 1.29 is 4.79 Å². The first-order chi connectivity index (χ1) is 14.4. The van der Waals surface area contributed by atoms with Gasteiger partial charge in [-0.2, -0.15) is 0 Å². The number of nitrogens with zero attached hydrogens (tertiary/aromatic N) is 3. The number of aliphatic imine (C=N–C) groups is 1. The van der Waals surface area contributed by atoms with Gasteiger partial charge in [0, 0.05) is 55.3 Å². The number of thiophene rings is 1. The van der Waals surface area contributed by atoms with Gasteiger partial charge in [0.2, 0.25) is 5.91 Å². The van der Waals surface area contributed by atoms with Crippen LogP contribution in [0.15, 0.2) is 40.8 Å². The summed E-state index contributed by atoms with van der Waals surface area (Å²) in [5, 5.41) is 8.95. The molecule has 1 amide bonds. The fraction of sp³-hybridized carbons (Fsp3) is 0.500. The molecule has 4 N–H and O–H groups in total. The Balaban J connectivity index is 0.00000341. The molecule has 1 aliphatic rings. The van der Waals surface area contributed by atoms with Crippen LogP contribution in [-0.4, -0.2) is 43.5 Å². The molecule has 0 aliphatic carbocycles. The molecule has 9 heteroatoms. The third kappa shape index (κ3) is 6.80. The predicted octanol–water partition coefficient (Wildman–Crippen LogP) is 3.11. The van der Waals surface area contributed by atoms with Gasteiger partial charge in [0.05, 0.1) is 5.92 Å². The van der Waals surface area contributed by atoms with E-state index in [1.54, 1.807) is 24.6 Å². The molecule has 3 heterocycles. The van der Waals surface area contributed by atoms with Crippen LogP contribution in [0.4, 0.5) is 5.82 Å². The van der Waals surface area contributed by atoms with Crippen LogP contribution < -0.4 is 21.3 Å². The highest BCUT2D eigenvalue weighted by atomic mass is 127. The van der Waals surface area contributed by atoms with Crippen molar-refractivity contribution in [2.45, 2.75) is 38.6 Å². The lowest BCUT2D eigenvalue weighted by Gasteiger charge is -2.33. The number of hydrogen-bond donors (Lipinski definition) is 3. The third-order valence-electron chi connectivity index (χ3n) is 5.55. The smallest absolute Gasteiger partial charge is 0.222 e. The third-order valence-corrected chi connectivity index (χ3v) is 6.78. The molecule has 1 aliphatic heterocycles. The highest BCUT2D eigenvalue weighted by Crippen LogP contribution is 2.27. The highest BCUT2D eigenvalue weighted by molar-refractivity contribution is 14.0. The Labute approximate surface area is 205 Å². The maximum Gasteiger partial charge on any atom is 0.222 e. The van der Waals surface area contributed by atoms with Crippen LogP contribution in [0, 0.1) is 5.92 Å². The zero-order chi connectivity index (χ0) is 21.6. The Morgan fingerprint density at radius 2 is 2.16 bits per heavy atom. The summed E-state index contributed by atoms with van der Waals surface area (Å²) in [6.07, 6.45) is 3.59. The van der Waals surface area contributed by atoms with Gasteiger partial charge in [-0.1, -0.05) is 26.0 Å². The fourth-order valence-corrected chi connectivity index (χ4v) is 4.56. The van der Waals surface area contributed by atoms with E-state index in [-0.39, 0.29) is 41.2 Å². The molecule has 3 rings (SSSR count). The molecule has 0 saturated carbocycles. The van der Waals surface area contributed by atoms with Crippen LogP contribution >= 0.6 is 35.3 Å². The van der Waals surface area contributed by atoms with E-state index in [9.17, 15) is 4.79 Å². The lowest BCUT2D eigenvalue weighted by Crippen LogP contribution is -2.44. The summed E-state index contributed by atoms with van der Waals surface area (Å²) in [6.45, 7) is 7.34. The summed E-state index contributed by atoms with van der Waals surface area (Å²) in [5.74, 6) is 1.32. The number of amides is 1. The minimum absolute atomic E-state index is 0. The van der Waals surface area contributed by atoms with Crippen molar-refractivity contribution in [1.82, 2.24) is 15.6 Å². The van der Waals surface area contributed by atoms with Gasteiger partial charge in [-0.05, 0) is 30.4 Å². The van der Waals surface area contributed by atoms with Crippen molar-refractivity contribution >= 4 is 53.0 Å². The van der Waals surface area contributed by atoms with Gasteiger partial charge in [0.25, 0.3) is 0 Å². The van der Waals surface area contributed by atoms with Crippen molar-refractivity contribution in [3.8, 4) is 0 Å². The maximum absolute atomic E-state index is 11.6. The minimum Gasteiger partial charge on any atom is -0.369 e. The minimum atomic E-state index is -0.228. The van der Waals surface area contributed by atoms with Gasteiger partial charge in [0.15, 0.2) is 5.96 Å². The van der Waals surface area contributed by atoms with Crippen LogP contribution in [-0.2, 0) is 16.8 Å². The van der Waals surface area contributed by atoms with Crippen molar-refractivity contribution in [2.75, 3.05) is 31.6 Å². The van der Waals surface area contributed by atoms with Crippen molar-refractivity contribution in [3.05, 3.63) is 46.3 Å². The second kappa shape index (κ2) is 11.7. The van der Waals surface area contributed by atoms with E-state index in [4.69, 9.17) is 5.73 Å². The van der Waals surface area contributed by atoms with E-state index in [0.29, 0.717) is 13.1 Å². The number of aromatic nitrogens is 1. The van der Waals surface area contributed by atoms with E-state index >= 15 is 0 Å². The molecule has 1 saturated heterocycles. The number of hydrogen-bond acceptors (Lipinski definition) is 5. The molecule has 1 unspecified atom stereocenters. The number of carbonyl (C=O) groups is 1. The van der Waals surface area contributed by atoms with Crippen LogP contribution in [0.3, 0.4) is 0 Å². The number of pyridine rings is 1. The Morgan fingerprint density at radius 1 is 1.35 bits per heavy atom. The number of guanidine groups is 1. The molecule has 0 radical (unpaired) electrons. The summed E-state index contributed by atoms with van der Waals surface area (Å²) >= 11 is 1.77. The average molecular weight is 557 g/mol. The summed E-state index contributed by atoms with van der Waals surface area (Å²) in [5.41, 5.74) is 6.63. The monoisotopic (exact) mass is 556 g/mol. The predicted molar refractivity (Wildman–Crippen MR) is 139 cm³/mol. The summed E-state index contributed by atoms with van der Waals surface area (Å²) in [4.78, 5) is 24.1. The summed E-state index contributed by atoms with van der Waals surface area (Å²) < 4.78 is 0. The Hall–Kier alpha value is -1.88. The normalized spacial score (nSPS) is 17.1. The Kier molecular flexibility index (Phi) is 9.54. The van der Waals surface area contributed by atoms with Crippen LogP contribution in [0.1, 0.15) is 37.1 Å². The van der Waals surface area contributed by atoms with Gasteiger partial charge in [0.1, 0.15) is 5.82 Å². The summed E-state index contributed by atoms with van der Waals surface area (Å²) in [6, 6.07) is 8.25. The molecule has 2 aromatic rings. The Morgan fingerprint density at radius 3 is 2.84 bits per heavy atom. The standard InChI is InChI=1S/C22H32N6OS.HI/c1-22(2,18-9-6-12-30-18)15-27-21(24-3)26-13-16-7-4-10-25-20(16)28-11-5-8-17(14-28)19(23)29;/h4,6-7,9-10,12,17H,5,8,11,13-15H2,1-3H3,(H2,23,29)(H2,24,26,27);1H.